The third-order valence-corrected chi connectivity index (χ3v) is 4.25. The Balaban J connectivity index is 1.90. The third-order valence-electron chi connectivity index (χ3n) is 4.25. The van der Waals surface area contributed by atoms with Crippen LogP contribution in [0.15, 0.2) is 24.4 Å². The molecule has 1 saturated heterocycles. The second-order valence-corrected chi connectivity index (χ2v) is 5.85. The van der Waals surface area contributed by atoms with Gasteiger partial charge in [0.05, 0.1) is 6.61 Å². The molecule has 2 aromatic rings. The molecule has 0 saturated carbocycles. The first-order valence-corrected chi connectivity index (χ1v) is 7.83. The molecule has 0 spiro atoms. The quantitative estimate of drug-likeness (QED) is 0.404. The largest absolute Gasteiger partial charge is 0.461 e. The Morgan fingerprint density at radius 1 is 1.17 bits per heavy atom. The van der Waals surface area contributed by atoms with Gasteiger partial charge in [-0.2, -0.15) is 0 Å². The lowest BCUT2D eigenvalue weighted by Crippen LogP contribution is -2.60. The van der Waals surface area contributed by atoms with Crippen molar-refractivity contribution in [1.29, 1.82) is 0 Å². The van der Waals surface area contributed by atoms with Gasteiger partial charge < -0.3 is 40.6 Å². The number of benzene rings is 1. The standard InChI is InChI=1S/C16H22N2O6/c17-5-4-8-6-18-9-2-1-3-10(12(8)9)23-16-15(22)14(21)13(20)11(7-19)24-16/h1-3,6,11,13-16,18-22H,4-5,7,17H2/t11?,13-,14?,15?,16+/m0/s1. The molecule has 1 aliphatic rings. The zero-order valence-corrected chi connectivity index (χ0v) is 13.0. The molecular weight excluding hydrogens is 316 g/mol. The highest BCUT2D eigenvalue weighted by atomic mass is 16.7. The topological polar surface area (TPSA) is 141 Å². The highest BCUT2D eigenvalue weighted by Crippen LogP contribution is 2.32. The van der Waals surface area contributed by atoms with Crippen molar-refractivity contribution in [3.8, 4) is 5.75 Å². The molecular formula is C16H22N2O6. The van der Waals surface area contributed by atoms with Crippen LogP contribution in [0.25, 0.3) is 10.9 Å². The lowest BCUT2D eigenvalue weighted by molar-refractivity contribution is -0.277. The molecule has 1 aliphatic heterocycles. The van der Waals surface area contributed by atoms with Crippen molar-refractivity contribution >= 4 is 10.9 Å². The number of aliphatic hydroxyl groups excluding tert-OH is 4. The number of nitrogens with one attached hydrogen (secondary N) is 1. The summed E-state index contributed by atoms with van der Waals surface area (Å²) >= 11 is 0. The number of hydrogen-bond acceptors (Lipinski definition) is 7. The maximum Gasteiger partial charge on any atom is 0.229 e. The van der Waals surface area contributed by atoms with Gasteiger partial charge in [-0.05, 0) is 30.7 Å². The molecule has 1 aromatic heterocycles. The predicted octanol–water partition coefficient (Wildman–Crippen LogP) is -1.15. The molecule has 7 N–H and O–H groups in total. The fourth-order valence-electron chi connectivity index (χ4n) is 2.96. The highest BCUT2D eigenvalue weighted by molar-refractivity contribution is 5.89. The predicted molar refractivity (Wildman–Crippen MR) is 85.5 cm³/mol. The van der Waals surface area contributed by atoms with Gasteiger partial charge in [-0.25, -0.2) is 0 Å². The molecule has 3 unspecified atom stereocenters. The number of aliphatic hydroxyl groups is 4. The summed E-state index contributed by atoms with van der Waals surface area (Å²) in [4.78, 5) is 3.13. The van der Waals surface area contributed by atoms with Crippen LogP contribution in [-0.4, -0.2) is 69.3 Å². The lowest BCUT2D eigenvalue weighted by atomic mass is 9.99. The number of nitrogens with two attached hydrogens (primary N) is 1. The average molecular weight is 338 g/mol. The fourth-order valence-corrected chi connectivity index (χ4v) is 2.96. The van der Waals surface area contributed by atoms with E-state index >= 15 is 0 Å². The lowest BCUT2D eigenvalue weighted by Gasteiger charge is -2.39. The Kier molecular flexibility index (Phi) is 5.04. The van der Waals surface area contributed by atoms with Crippen molar-refractivity contribution in [1.82, 2.24) is 4.98 Å². The number of aromatic amines is 1. The first kappa shape index (κ1) is 17.2. The number of H-pyrrole nitrogens is 1. The number of hydrogen-bond donors (Lipinski definition) is 6. The Morgan fingerprint density at radius 3 is 2.67 bits per heavy atom. The van der Waals surface area contributed by atoms with Gasteiger partial charge in [0.1, 0.15) is 30.2 Å². The molecule has 8 nitrogen and oxygen atoms in total. The summed E-state index contributed by atoms with van der Waals surface area (Å²) in [6.07, 6.45) is -4.08. The van der Waals surface area contributed by atoms with Gasteiger partial charge >= 0.3 is 0 Å². The van der Waals surface area contributed by atoms with E-state index in [-0.39, 0.29) is 0 Å². The second kappa shape index (κ2) is 7.06. The summed E-state index contributed by atoms with van der Waals surface area (Å²) in [7, 11) is 0. The molecule has 1 aromatic carbocycles. The van der Waals surface area contributed by atoms with Crippen molar-refractivity contribution in [3.63, 3.8) is 0 Å². The molecule has 1 fully saturated rings. The van der Waals surface area contributed by atoms with Crippen molar-refractivity contribution in [2.45, 2.75) is 37.1 Å². The van der Waals surface area contributed by atoms with E-state index < -0.39 is 37.3 Å². The maximum absolute atomic E-state index is 10.1. The molecule has 2 heterocycles. The van der Waals surface area contributed by atoms with E-state index in [1.54, 1.807) is 12.1 Å². The molecule has 3 rings (SSSR count). The van der Waals surface area contributed by atoms with Gasteiger partial charge in [-0.3, -0.25) is 0 Å². The highest BCUT2D eigenvalue weighted by Gasteiger charge is 2.44. The van der Waals surface area contributed by atoms with Crippen LogP contribution in [0.2, 0.25) is 0 Å². The van der Waals surface area contributed by atoms with Gasteiger partial charge in [0.25, 0.3) is 0 Å². The monoisotopic (exact) mass is 338 g/mol. The maximum atomic E-state index is 10.1. The first-order chi connectivity index (χ1) is 11.6. The van der Waals surface area contributed by atoms with Gasteiger partial charge in [-0.1, -0.05) is 6.07 Å². The first-order valence-electron chi connectivity index (χ1n) is 7.83. The zero-order valence-electron chi connectivity index (χ0n) is 13.0. The van der Waals surface area contributed by atoms with Crippen LogP contribution in [0, 0.1) is 0 Å². The third kappa shape index (κ3) is 3.00. The van der Waals surface area contributed by atoms with Crippen molar-refractivity contribution in [3.05, 3.63) is 30.0 Å². The van der Waals surface area contributed by atoms with Crippen LogP contribution in [0.4, 0.5) is 0 Å². The molecule has 0 radical (unpaired) electrons. The minimum Gasteiger partial charge on any atom is -0.461 e. The van der Waals surface area contributed by atoms with Crippen molar-refractivity contribution in [2.24, 2.45) is 5.73 Å². The number of ether oxygens (including phenoxy) is 2. The van der Waals surface area contributed by atoms with E-state index in [9.17, 15) is 20.4 Å². The number of aromatic nitrogens is 1. The molecule has 8 heteroatoms. The summed E-state index contributed by atoms with van der Waals surface area (Å²) in [5, 5.41) is 39.9. The van der Waals surface area contributed by atoms with Crippen LogP contribution >= 0.6 is 0 Å². The summed E-state index contributed by atoms with van der Waals surface area (Å²) < 4.78 is 11.2. The van der Waals surface area contributed by atoms with E-state index in [2.05, 4.69) is 4.98 Å². The summed E-state index contributed by atoms with van der Waals surface area (Å²) in [6, 6.07) is 5.39. The normalized spacial score (nSPS) is 30.6. The van der Waals surface area contributed by atoms with Crippen LogP contribution < -0.4 is 10.5 Å². The van der Waals surface area contributed by atoms with E-state index in [0.717, 1.165) is 16.5 Å². The molecule has 5 atom stereocenters. The minimum absolute atomic E-state index is 0.460. The van der Waals surface area contributed by atoms with Gasteiger partial charge in [0, 0.05) is 17.1 Å². The zero-order chi connectivity index (χ0) is 17.3. The molecule has 0 aliphatic carbocycles. The molecule has 0 amide bonds. The number of fused-ring (bicyclic) bond motifs is 1. The van der Waals surface area contributed by atoms with Gasteiger partial charge in [-0.15, -0.1) is 0 Å². The SMILES string of the molecule is NCCc1c[nH]c2cccc(O[C@@H]3OC(CO)[C@H](O)C(O)C3O)c12. The molecule has 24 heavy (non-hydrogen) atoms. The summed E-state index contributed by atoms with van der Waals surface area (Å²) in [5.74, 6) is 0.460. The van der Waals surface area contributed by atoms with Crippen molar-refractivity contribution in [2.75, 3.05) is 13.2 Å². The van der Waals surface area contributed by atoms with Crippen LogP contribution in [-0.2, 0) is 11.2 Å². The summed E-state index contributed by atoms with van der Waals surface area (Å²) in [6.45, 7) is -0.0288. The van der Waals surface area contributed by atoms with E-state index in [1.165, 1.54) is 0 Å². The Bertz CT molecular complexity index is 688. The van der Waals surface area contributed by atoms with Gasteiger partial charge in [0.2, 0.25) is 6.29 Å². The second-order valence-electron chi connectivity index (χ2n) is 5.85. The van der Waals surface area contributed by atoms with E-state index in [0.29, 0.717) is 18.7 Å². The van der Waals surface area contributed by atoms with Gasteiger partial charge in [0.15, 0.2) is 0 Å². The Hall–Kier alpha value is -1.68. The summed E-state index contributed by atoms with van der Waals surface area (Å²) in [5.41, 5.74) is 7.44. The molecule has 0 bridgehead atoms. The minimum atomic E-state index is -1.48. The smallest absolute Gasteiger partial charge is 0.229 e. The number of rotatable bonds is 5. The van der Waals surface area contributed by atoms with E-state index in [1.807, 2.05) is 12.3 Å². The fraction of sp³-hybridized carbons (Fsp3) is 0.500. The van der Waals surface area contributed by atoms with Crippen LogP contribution in [0.1, 0.15) is 5.56 Å². The molecule has 132 valence electrons. The van der Waals surface area contributed by atoms with Crippen LogP contribution in [0.3, 0.4) is 0 Å². The Labute approximate surface area is 138 Å². The van der Waals surface area contributed by atoms with Crippen LogP contribution in [0.5, 0.6) is 5.75 Å². The average Bonchev–Trinajstić information content (AvgIpc) is 3.00. The van der Waals surface area contributed by atoms with Crippen molar-refractivity contribution < 1.29 is 29.9 Å². The Morgan fingerprint density at radius 2 is 1.96 bits per heavy atom. The van der Waals surface area contributed by atoms with E-state index in [4.69, 9.17) is 15.2 Å².